The van der Waals surface area contributed by atoms with Gasteiger partial charge < -0.3 is 0 Å². The van der Waals surface area contributed by atoms with Crippen molar-refractivity contribution in [2.75, 3.05) is 0 Å². The van der Waals surface area contributed by atoms with Gasteiger partial charge in [-0.3, -0.25) is 4.98 Å². The van der Waals surface area contributed by atoms with E-state index in [0.717, 1.165) is 18.4 Å². The number of nitrogens with zero attached hydrogens (tertiary/aromatic N) is 3. The molecule has 3 nitrogen and oxygen atoms in total. The lowest BCUT2D eigenvalue weighted by atomic mass is 9.61. The van der Waals surface area contributed by atoms with Gasteiger partial charge in [-0.2, -0.15) is 4.40 Å². The first-order chi connectivity index (χ1) is 16.1. The Kier molecular flexibility index (Phi) is 4.91. The van der Waals surface area contributed by atoms with Crippen LogP contribution in [-0.2, 0) is 21.8 Å². The number of benzene rings is 1. The molecule has 2 atom stereocenters. The van der Waals surface area contributed by atoms with Crippen LogP contribution in [-0.4, -0.2) is 9.38 Å². The fraction of sp³-hybridized carbons (Fsp3) is 0.562. The zero-order valence-corrected chi connectivity index (χ0v) is 24.1. The second-order valence-corrected chi connectivity index (χ2v) is 13.6. The van der Waals surface area contributed by atoms with E-state index < -0.39 is 0 Å². The Balaban J connectivity index is 2.20. The normalized spacial score (nSPS) is 22.7. The van der Waals surface area contributed by atoms with E-state index in [1.807, 2.05) is 0 Å². The summed E-state index contributed by atoms with van der Waals surface area (Å²) in [5.41, 5.74) is 11.7. The SMILES string of the molecule is CCC1(C)c2cc(C(C)(C)C)nc3cc(C(C)(C)C)n4c5cc(C)c(C)cc5[n+](c4c23)C1(C)CC. The number of rotatable bonds is 2. The van der Waals surface area contributed by atoms with Crippen molar-refractivity contribution in [3.63, 3.8) is 0 Å². The molecule has 5 rings (SSSR count). The highest BCUT2D eigenvalue weighted by molar-refractivity contribution is 5.98. The standard InChI is InChI=1S/C32H44N3/c1-13-31(11)21-17-25(29(5,6)7)33-22-18-26(30(8,9)10)34-23-15-19(3)20(4)16-24(23)35(28(34)27(21)22)32(31,12)14-2/h15-18H,13-14H2,1-12H3/q+1. The third kappa shape index (κ3) is 2.96. The summed E-state index contributed by atoms with van der Waals surface area (Å²) in [7, 11) is 0. The van der Waals surface area contributed by atoms with E-state index in [4.69, 9.17) is 4.98 Å². The summed E-state index contributed by atoms with van der Waals surface area (Å²) in [6.45, 7) is 28.1. The number of hydrogen-bond donors (Lipinski definition) is 0. The monoisotopic (exact) mass is 470 g/mol. The Hall–Kier alpha value is -2.42. The van der Waals surface area contributed by atoms with Crippen LogP contribution in [0.2, 0.25) is 0 Å². The highest BCUT2D eigenvalue weighted by Crippen LogP contribution is 2.51. The third-order valence-corrected chi connectivity index (χ3v) is 9.49. The molecule has 0 spiro atoms. The third-order valence-electron chi connectivity index (χ3n) is 9.49. The maximum atomic E-state index is 5.36. The quantitative estimate of drug-likeness (QED) is 0.272. The van der Waals surface area contributed by atoms with E-state index in [9.17, 15) is 0 Å². The van der Waals surface area contributed by atoms with Crippen molar-refractivity contribution in [2.24, 2.45) is 0 Å². The number of hydrogen-bond acceptors (Lipinski definition) is 1. The number of fused-ring (bicyclic) bond motifs is 3. The van der Waals surface area contributed by atoms with Crippen LogP contribution in [0.25, 0.3) is 27.6 Å². The summed E-state index contributed by atoms with van der Waals surface area (Å²) < 4.78 is 5.29. The number of aromatic nitrogens is 3. The minimum Gasteiger partial charge on any atom is -0.252 e. The van der Waals surface area contributed by atoms with Gasteiger partial charge in [0.15, 0.2) is 11.0 Å². The van der Waals surface area contributed by atoms with Gasteiger partial charge in [-0.05, 0) is 68.5 Å². The lowest BCUT2D eigenvalue weighted by Gasteiger charge is -2.47. The van der Waals surface area contributed by atoms with Crippen molar-refractivity contribution in [1.29, 1.82) is 0 Å². The molecule has 3 heteroatoms. The molecule has 1 aliphatic rings. The van der Waals surface area contributed by atoms with Crippen LogP contribution in [0.4, 0.5) is 0 Å². The lowest BCUT2D eigenvalue weighted by Crippen LogP contribution is -2.66. The van der Waals surface area contributed by atoms with Gasteiger partial charge in [0.25, 0.3) is 5.65 Å². The van der Waals surface area contributed by atoms with E-state index in [1.165, 1.54) is 50.1 Å². The van der Waals surface area contributed by atoms with E-state index >= 15 is 0 Å². The molecule has 0 saturated heterocycles. The van der Waals surface area contributed by atoms with E-state index in [0.29, 0.717) is 0 Å². The minimum atomic E-state index is -0.0661. The first-order valence-electron chi connectivity index (χ1n) is 13.5. The summed E-state index contributed by atoms with van der Waals surface area (Å²) in [5.74, 6) is 0. The summed E-state index contributed by atoms with van der Waals surface area (Å²) in [6.07, 6.45) is 2.15. The molecule has 2 unspecified atom stereocenters. The Morgan fingerprint density at radius 3 is 2.03 bits per heavy atom. The van der Waals surface area contributed by atoms with Gasteiger partial charge in [-0.15, -0.1) is 0 Å². The minimum absolute atomic E-state index is 0.00959. The van der Waals surface area contributed by atoms with Crippen LogP contribution in [0.5, 0.6) is 0 Å². The molecule has 0 amide bonds. The van der Waals surface area contributed by atoms with E-state index in [1.54, 1.807) is 0 Å². The van der Waals surface area contributed by atoms with Gasteiger partial charge in [0.05, 0.1) is 10.9 Å². The maximum Gasteiger partial charge on any atom is 0.297 e. The second-order valence-electron chi connectivity index (χ2n) is 13.6. The zero-order chi connectivity index (χ0) is 25.9. The molecule has 0 N–H and O–H groups in total. The fourth-order valence-corrected chi connectivity index (χ4v) is 6.57. The smallest absolute Gasteiger partial charge is 0.252 e. The molecule has 0 saturated carbocycles. The Morgan fingerprint density at radius 2 is 1.49 bits per heavy atom. The Morgan fingerprint density at radius 1 is 0.857 bits per heavy atom. The molecule has 0 aliphatic carbocycles. The highest BCUT2D eigenvalue weighted by Gasteiger charge is 2.55. The van der Waals surface area contributed by atoms with Crippen LogP contribution in [0.1, 0.15) is 110 Å². The molecule has 35 heavy (non-hydrogen) atoms. The van der Waals surface area contributed by atoms with Gasteiger partial charge in [-0.1, -0.05) is 62.3 Å². The summed E-state index contributed by atoms with van der Waals surface area (Å²) in [4.78, 5) is 5.36. The number of pyridine rings is 2. The molecule has 3 aromatic heterocycles. The molecule has 4 aromatic rings. The predicted octanol–water partition coefficient (Wildman–Crippen LogP) is 7.95. The first kappa shape index (κ1) is 24.3. The van der Waals surface area contributed by atoms with Gasteiger partial charge in [0.2, 0.25) is 0 Å². The van der Waals surface area contributed by atoms with Crippen molar-refractivity contribution in [3.8, 4) is 0 Å². The fourth-order valence-electron chi connectivity index (χ4n) is 6.57. The van der Waals surface area contributed by atoms with Crippen molar-refractivity contribution in [2.45, 2.75) is 118 Å². The largest absolute Gasteiger partial charge is 0.297 e. The Labute approximate surface area is 211 Å². The Bertz CT molecular complexity index is 1520. The molecule has 4 heterocycles. The predicted molar refractivity (Wildman–Crippen MR) is 149 cm³/mol. The second kappa shape index (κ2) is 7.08. The molecule has 1 aliphatic heterocycles. The van der Waals surface area contributed by atoms with E-state index in [-0.39, 0.29) is 21.8 Å². The van der Waals surface area contributed by atoms with Gasteiger partial charge >= 0.3 is 0 Å². The van der Waals surface area contributed by atoms with E-state index in [2.05, 4.69) is 116 Å². The average molecular weight is 471 g/mol. The topological polar surface area (TPSA) is 21.2 Å². The summed E-state index contributed by atoms with van der Waals surface area (Å²) in [5, 5.41) is 1.34. The molecule has 0 bridgehead atoms. The van der Waals surface area contributed by atoms with Crippen LogP contribution in [0.3, 0.4) is 0 Å². The van der Waals surface area contributed by atoms with Gasteiger partial charge in [-0.25, -0.2) is 4.57 Å². The van der Waals surface area contributed by atoms with Crippen molar-refractivity contribution >= 4 is 27.6 Å². The molecule has 1 aromatic carbocycles. The number of imidazole rings is 1. The van der Waals surface area contributed by atoms with Crippen molar-refractivity contribution < 1.29 is 4.57 Å². The molecular formula is C32H44N3+. The van der Waals surface area contributed by atoms with Crippen molar-refractivity contribution in [1.82, 2.24) is 9.38 Å². The molecule has 0 radical (unpaired) electrons. The maximum absolute atomic E-state index is 5.36. The van der Waals surface area contributed by atoms with Gasteiger partial charge in [0.1, 0.15) is 11.2 Å². The molecular weight excluding hydrogens is 426 g/mol. The van der Waals surface area contributed by atoms with Gasteiger partial charge in [0, 0.05) is 28.0 Å². The highest BCUT2D eigenvalue weighted by atomic mass is 15.2. The van der Waals surface area contributed by atoms with Crippen LogP contribution >= 0.6 is 0 Å². The van der Waals surface area contributed by atoms with Crippen LogP contribution in [0.15, 0.2) is 24.3 Å². The molecule has 186 valence electrons. The van der Waals surface area contributed by atoms with Crippen LogP contribution < -0.4 is 4.57 Å². The lowest BCUT2D eigenvalue weighted by molar-refractivity contribution is -0.728. The zero-order valence-electron chi connectivity index (χ0n) is 24.1. The van der Waals surface area contributed by atoms with Crippen molar-refractivity contribution in [3.05, 3.63) is 52.3 Å². The summed E-state index contributed by atoms with van der Waals surface area (Å²) >= 11 is 0. The van der Waals surface area contributed by atoms with Crippen LogP contribution in [0, 0.1) is 13.8 Å². The first-order valence-corrected chi connectivity index (χ1v) is 13.5. The summed E-state index contributed by atoms with van der Waals surface area (Å²) in [6, 6.07) is 9.69. The molecule has 0 fully saturated rings. The number of aryl methyl sites for hydroxylation is 2. The average Bonchev–Trinajstić information content (AvgIpc) is 3.09.